The molecule has 174 valence electrons. The molecule has 0 saturated heterocycles. The molecule has 0 aromatic heterocycles. The third-order valence-electron chi connectivity index (χ3n) is 5.09. The summed E-state index contributed by atoms with van der Waals surface area (Å²) < 4.78 is 6.62. The highest BCUT2D eigenvalue weighted by Crippen LogP contribution is 2.26. The minimum Gasteiger partial charge on any atom is -0.483 e. The predicted molar refractivity (Wildman–Crippen MR) is 133 cm³/mol. The van der Waals surface area contributed by atoms with Gasteiger partial charge in [0.2, 0.25) is 5.91 Å². The number of amides is 2. The van der Waals surface area contributed by atoms with Crippen molar-refractivity contribution in [3.05, 3.63) is 63.1 Å². The van der Waals surface area contributed by atoms with Crippen LogP contribution < -0.4 is 10.1 Å². The maximum absolute atomic E-state index is 13.2. The van der Waals surface area contributed by atoms with Gasteiger partial charge < -0.3 is 15.0 Å². The van der Waals surface area contributed by atoms with Crippen LogP contribution in [0.2, 0.25) is 5.02 Å². The van der Waals surface area contributed by atoms with E-state index in [0.717, 1.165) is 16.5 Å². The summed E-state index contributed by atoms with van der Waals surface area (Å²) >= 11 is 9.52. The largest absolute Gasteiger partial charge is 0.483 e. The molecule has 0 spiro atoms. The number of hydrogen-bond donors (Lipinski definition) is 1. The van der Waals surface area contributed by atoms with Gasteiger partial charge in [0, 0.05) is 18.1 Å². The molecule has 32 heavy (non-hydrogen) atoms. The number of benzene rings is 2. The minimum atomic E-state index is -0.591. The maximum Gasteiger partial charge on any atom is 0.261 e. The molecule has 2 amide bonds. The lowest BCUT2D eigenvalue weighted by Gasteiger charge is -2.31. The van der Waals surface area contributed by atoms with Crippen molar-refractivity contribution in [2.45, 2.75) is 53.1 Å². The second-order valence-corrected chi connectivity index (χ2v) is 9.41. The monoisotopic (exact) mass is 522 g/mol. The lowest BCUT2D eigenvalue weighted by atomic mass is 10.1. The number of ether oxygens (including phenoxy) is 1. The Labute approximate surface area is 204 Å². The molecule has 0 saturated carbocycles. The fourth-order valence-corrected chi connectivity index (χ4v) is 3.90. The van der Waals surface area contributed by atoms with Gasteiger partial charge in [0.15, 0.2) is 6.61 Å². The number of aryl methyl sites for hydroxylation is 1. The van der Waals surface area contributed by atoms with Crippen LogP contribution in [0.1, 0.15) is 45.2 Å². The van der Waals surface area contributed by atoms with Gasteiger partial charge in [-0.3, -0.25) is 9.59 Å². The molecule has 0 radical (unpaired) electrons. The number of hydrogen-bond acceptors (Lipinski definition) is 3. The van der Waals surface area contributed by atoms with Crippen molar-refractivity contribution in [2.24, 2.45) is 5.92 Å². The quantitative estimate of drug-likeness (QED) is 0.416. The zero-order valence-corrected chi connectivity index (χ0v) is 21.5. The molecule has 0 unspecified atom stereocenters. The Kier molecular flexibility index (Phi) is 10.5. The fraction of sp³-hybridized carbons (Fsp3) is 0.440. The Morgan fingerprint density at radius 2 is 1.75 bits per heavy atom. The summed E-state index contributed by atoms with van der Waals surface area (Å²) in [5.74, 6) is 0.512. The van der Waals surface area contributed by atoms with Gasteiger partial charge >= 0.3 is 0 Å². The standard InChI is InChI=1S/C25H32BrClN2O3/c1-5-18-9-12-23(21(26)13-18)32-16-24(30)29(15-19-7-10-20(27)11-8-19)22(6-2)25(31)28-14-17(3)4/h7-13,17,22H,5-6,14-16H2,1-4H3,(H,28,31)/t22-/m0/s1. The predicted octanol–water partition coefficient (Wildman–Crippen LogP) is 5.62. The van der Waals surface area contributed by atoms with E-state index in [1.54, 1.807) is 17.0 Å². The van der Waals surface area contributed by atoms with E-state index in [1.165, 1.54) is 5.56 Å². The number of rotatable bonds is 11. The Bertz CT molecular complexity index is 903. The Morgan fingerprint density at radius 3 is 2.31 bits per heavy atom. The van der Waals surface area contributed by atoms with Crippen molar-refractivity contribution in [3.63, 3.8) is 0 Å². The lowest BCUT2D eigenvalue weighted by Crippen LogP contribution is -2.50. The van der Waals surface area contributed by atoms with Crippen molar-refractivity contribution < 1.29 is 14.3 Å². The summed E-state index contributed by atoms with van der Waals surface area (Å²) in [5, 5.41) is 3.58. The van der Waals surface area contributed by atoms with E-state index in [0.29, 0.717) is 36.2 Å². The molecule has 0 heterocycles. The average Bonchev–Trinajstić information content (AvgIpc) is 2.77. The Morgan fingerprint density at radius 1 is 1.09 bits per heavy atom. The van der Waals surface area contributed by atoms with Crippen molar-refractivity contribution >= 4 is 39.3 Å². The SMILES string of the molecule is CCc1ccc(OCC(=O)N(Cc2ccc(Cl)cc2)[C@@H](CC)C(=O)NCC(C)C)c(Br)c1. The first-order chi connectivity index (χ1) is 15.2. The van der Waals surface area contributed by atoms with Gasteiger partial charge in [-0.1, -0.05) is 57.5 Å². The lowest BCUT2D eigenvalue weighted by molar-refractivity contribution is -0.143. The van der Waals surface area contributed by atoms with Gasteiger partial charge in [-0.05, 0) is 70.1 Å². The molecule has 0 aliphatic heterocycles. The summed E-state index contributed by atoms with van der Waals surface area (Å²) in [7, 11) is 0. The summed E-state index contributed by atoms with van der Waals surface area (Å²) in [6.07, 6.45) is 1.41. The Hall–Kier alpha value is -2.05. The van der Waals surface area contributed by atoms with E-state index in [-0.39, 0.29) is 18.4 Å². The first-order valence-corrected chi connectivity index (χ1v) is 12.1. The number of nitrogens with zero attached hydrogens (tertiary/aromatic N) is 1. The van der Waals surface area contributed by atoms with E-state index in [4.69, 9.17) is 16.3 Å². The van der Waals surface area contributed by atoms with Crippen LogP contribution in [0.4, 0.5) is 0 Å². The minimum absolute atomic E-state index is 0.156. The highest BCUT2D eigenvalue weighted by molar-refractivity contribution is 9.10. The van der Waals surface area contributed by atoms with Crippen LogP contribution in [0.25, 0.3) is 0 Å². The number of carbonyl (C=O) groups excluding carboxylic acids is 2. The third kappa shape index (κ3) is 7.82. The number of halogens is 2. The first-order valence-electron chi connectivity index (χ1n) is 11.0. The van der Waals surface area contributed by atoms with Crippen LogP contribution >= 0.6 is 27.5 Å². The van der Waals surface area contributed by atoms with Crippen molar-refractivity contribution in [1.82, 2.24) is 10.2 Å². The molecule has 2 aromatic carbocycles. The zero-order valence-electron chi connectivity index (χ0n) is 19.2. The van der Waals surface area contributed by atoms with Crippen LogP contribution in [-0.2, 0) is 22.6 Å². The molecule has 0 fully saturated rings. The average molecular weight is 524 g/mol. The van der Waals surface area contributed by atoms with Crippen molar-refractivity contribution in [2.75, 3.05) is 13.2 Å². The van der Waals surface area contributed by atoms with Crippen LogP contribution in [-0.4, -0.2) is 35.9 Å². The number of nitrogens with one attached hydrogen (secondary N) is 1. The molecule has 2 aromatic rings. The van der Waals surface area contributed by atoms with Crippen LogP contribution in [0.15, 0.2) is 46.9 Å². The molecule has 2 rings (SSSR count). The summed E-state index contributed by atoms with van der Waals surface area (Å²) in [4.78, 5) is 27.7. The van der Waals surface area contributed by atoms with E-state index < -0.39 is 6.04 Å². The highest BCUT2D eigenvalue weighted by atomic mass is 79.9. The molecule has 0 aliphatic rings. The summed E-state index contributed by atoms with van der Waals surface area (Å²) in [5.41, 5.74) is 2.07. The zero-order chi connectivity index (χ0) is 23.7. The smallest absolute Gasteiger partial charge is 0.261 e. The maximum atomic E-state index is 13.2. The molecule has 7 heteroatoms. The van der Waals surface area contributed by atoms with Crippen LogP contribution in [0.3, 0.4) is 0 Å². The van der Waals surface area contributed by atoms with E-state index in [2.05, 4.69) is 28.2 Å². The highest BCUT2D eigenvalue weighted by Gasteiger charge is 2.29. The molecular formula is C25H32BrClN2O3. The molecule has 5 nitrogen and oxygen atoms in total. The van der Waals surface area contributed by atoms with Gasteiger partial charge in [0.25, 0.3) is 5.91 Å². The van der Waals surface area contributed by atoms with Gasteiger partial charge in [0.1, 0.15) is 11.8 Å². The fourth-order valence-electron chi connectivity index (χ4n) is 3.23. The van der Waals surface area contributed by atoms with Crippen LogP contribution in [0.5, 0.6) is 5.75 Å². The van der Waals surface area contributed by atoms with Crippen molar-refractivity contribution in [3.8, 4) is 5.75 Å². The van der Waals surface area contributed by atoms with Gasteiger partial charge in [-0.25, -0.2) is 0 Å². The molecule has 1 atom stereocenters. The molecule has 0 bridgehead atoms. The molecular weight excluding hydrogens is 492 g/mol. The van der Waals surface area contributed by atoms with Gasteiger partial charge in [0.05, 0.1) is 4.47 Å². The topological polar surface area (TPSA) is 58.6 Å². The van der Waals surface area contributed by atoms with E-state index >= 15 is 0 Å². The van der Waals surface area contributed by atoms with Gasteiger partial charge in [-0.15, -0.1) is 0 Å². The first kappa shape index (κ1) is 26.2. The molecule has 0 aliphatic carbocycles. The second kappa shape index (κ2) is 12.9. The number of carbonyl (C=O) groups is 2. The third-order valence-corrected chi connectivity index (χ3v) is 5.96. The second-order valence-electron chi connectivity index (χ2n) is 8.12. The summed E-state index contributed by atoms with van der Waals surface area (Å²) in [6.45, 7) is 8.75. The van der Waals surface area contributed by atoms with Crippen LogP contribution in [0, 0.1) is 5.92 Å². The van der Waals surface area contributed by atoms with Gasteiger partial charge in [-0.2, -0.15) is 0 Å². The van der Waals surface area contributed by atoms with Crippen molar-refractivity contribution in [1.29, 1.82) is 0 Å². The Balaban J connectivity index is 2.20. The molecule has 1 N–H and O–H groups in total. The summed E-state index contributed by atoms with van der Waals surface area (Å²) in [6, 6.07) is 12.5. The van der Waals surface area contributed by atoms with E-state index in [9.17, 15) is 9.59 Å². The van der Waals surface area contributed by atoms with E-state index in [1.807, 2.05) is 51.1 Å². The normalized spacial score (nSPS) is 11.8.